The van der Waals surface area contributed by atoms with Crippen LogP contribution in [0.3, 0.4) is 0 Å². The molecule has 0 saturated carbocycles. The molecule has 1 heterocycles. The van der Waals surface area contributed by atoms with Crippen molar-refractivity contribution in [1.29, 1.82) is 0 Å². The number of carbonyl (C=O) groups excluding carboxylic acids is 1. The van der Waals surface area contributed by atoms with E-state index in [1.54, 1.807) is 0 Å². The highest BCUT2D eigenvalue weighted by Gasteiger charge is 2.33. The lowest BCUT2D eigenvalue weighted by Crippen LogP contribution is -2.43. The molecule has 126 valence electrons. The normalized spacial score (nSPS) is 16.8. The van der Waals surface area contributed by atoms with E-state index in [0.29, 0.717) is 6.54 Å². The largest absolute Gasteiger partial charge is 0.491 e. The molecule has 2 aromatic carbocycles. The van der Waals surface area contributed by atoms with Crippen LogP contribution in [0, 0.1) is 0 Å². The van der Waals surface area contributed by atoms with Crippen LogP contribution in [0.1, 0.15) is 49.3 Å². The molecule has 0 spiro atoms. The number of benzene rings is 2. The smallest absolute Gasteiger partial charge is 0.257 e. The molecule has 1 amide bonds. The maximum Gasteiger partial charge on any atom is 0.257 e. The molecule has 1 N–H and O–H groups in total. The Hall–Kier alpha value is -2.49. The second kappa shape index (κ2) is 6.95. The van der Waals surface area contributed by atoms with Crippen molar-refractivity contribution >= 4 is 11.6 Å². The Kier molecular flexibility index (Phi) is 4.74. The number of hydrogen-bond acceptors (Lipinski definition) is 3. The van der Waals surface area contributed by atoms with Crippen molar-refractivity contribution in [1.82, 2.24) is 4.90 Å². The Morgan fingerprint density at radius 2 is 1.83 bits per heavy atom. The number of amides is 1. The molecule has 1 unspecified atom stereocenters. The fraction of sp³-hybridized carbons (Fsp3) is 0.350. The van der Waals surface area contributed by atoms with E-state index in [1.807, 2.05) is 67.3 Å². The summed E-state index contributed by atoms with van der Waals surface area (Å²) in [5.41, 5.74) is 2.59. The second-order valence-corrected chi connectivity index (χ2v) is 6.30. The highest BCUT2D eigenvalue weighted by Crippen LogP contribution is 2.37. The summed E-state index contributed by atoms with van der Waals surface area (Å²) in [6.45, 7) is 6.80. The van der Waals surface area contributed by atoms with Gasteiger partial charge in [0, 0.05) is 17.8 Å². The van der Waals surface area contributed by atoms with Crippen molar-refractivity contribution in [3.8, 4) is 5.75 Å². The molecule has 0 bridgehead atoms. The number of rotatable bonds is 5. The van der Waals surface area contributed by atoms with Gasteiger partial charge in [0.05, 0.1) is 11.7 Å². The Labute approximate surface area is 143 Å². The quantitative estimate of drug-likeness (QED) is 0.883. The molecule has 0 fully saturated rings. The van der Waals surface area contributed by atoms with E-state index in [2.05, 4.69) is 12.2 Å². The van der Waals surface area contributed by atoms with Crippen molar-refractivity contribution in [2.75, 3.05) is 11.9 Å². The van der Waals surface area contributed by atoms with Crippen molar-refractivity contribution in [2.45, 2.75) is 39.5 Å². The monoisotopic (exact) mass is 324 g/mol. The van der Waals surface area contributed by atoms with Gasteiger partial charge in [-0.2, -0.15) is 0 Å². The summed E-state index contributed by atoms with van der Waals surface area (Å²) in [4.78, 5) is 14.9. The number of para-hydroxylation sites is 2. The van der Waals surface area contributed by atoms with Crippen LogP contribution in [0.15, 0.2) is 48.5 Å². The number of nitrogens with one attached hydrogen (secondary N) is 1. The van der Waals surface area contributed by atoms with Crippen molar-refractivity contribution < 1.29 is 9.53 Å². The molecule has 1 aliphatic rings. The Morgan fingerprint density at radius 1 is 1.12 bits per heavy atom. The number of anilines is 1. The predicted octanol–water partition coefficient (Wildman–Crippen LogP) is 4.45. The molecular formula is C20H24N2O2. The minimum absolute atomic E-state index is 0.0653. The van der Waals surface area contributed by atoms with Gasteiger partial charge in [-0.15, -0.1) is 0 Å². The summed E-state index contributed by atoms with van der Waals surface area (Å²) in [7, 11) is 0. The molecule has 4 heteroatoms. The van der Waals surface area contributed by atoms with Gasteiger partial charge in [-0.3, -0.25) is 4.79 Å². The van der Waals surface area contributed by atoms with Crippen LogP contribution in [0.5, 0.6) is 5.75 Å². The van der Waals surface area contributed by atoms with Gasteiger partial charge in [0.2, 0.25) is 0 Å². The van der Waals surface area contributed by atoms with Crippen LogP contribution >= 0.6 is 0 Å². The highest BCUT2D eigenvalue weighted by molar-refractivity contribution is 6.01. The molecule has 3 rings (SSSR count). The third kappa shape index (κ3) is 3.09. The first-order valence-electron chi connectivity index (χ1n) is 8.54. The zero-order valence-corrected chi connectivity index (χ0v) is 14.5. The second-order valence-electron chi connectivity index (χ2n) is 6.30. The highest BCUT2D eigenvalue weighted by atomic mass is 16.5. The summed E-state index contributed by atoms with van der Waals surface area (Å²) >= 11 is 0. The summed E-state index contributed by atoms with van der Waals surface area (Å²) in [6.07, 6.45) is 0.763. The van der Waals surface area contributed by atoms with Gasteiger partial charge in [-0.05, 0) is 38.5 Å². The minimum atomic E-state index is -0.220. The predicted molar refractivity (Wildman–Crippen MR) is 96.3 cm³/mol. The minimum Gasteiger partial charge on any atom is -0.491 e. The first-order chi connectivity index (χ1) is 11.6. The SMILES string of the molecule is CCCN1C(=O)c2ccccc2NC1c1ccccc1OC(C)C. The number of nitrogens with zero attached hydrogens (tertiary/aromatic N) is 1. The van der Waals surface area contributed by atoms with Gasteiger partial charge >= 0.3 is 0 Å². The van der Waals surface area contributed by atoms with E-state index in [1.165, 1.54) is 0 Å². The summed E-state index contributed by atoms with van der Waals surface area (Å²) in [5, 5.41) is 3.52. The van der Waals surface area contributed by atoms with Gasteiger partial charge < -0.3 is 15.0 Å². The Balaban J connectivity index is 2.04. The summed E-state index contributed by atoms with van der Waals surface area (Å²) in [6, 6.07) is 15.6. The molecular weight excluding hydrogens is 300 g/mol. The molecule has 0 radical (unpaired) electrons. The topological polar surface area (TPSA) is 41.6 Å². The van der Waals surface area contributed by atoms with Crippen molar-refractivity contribution in [3.05, 3.63) is 59.7 Å². The number of hydrogen-bond donors (Lipinski definition) is 1. The average molecular weight is 324 g/mol. The molecule has 1 atom stereocenters. The first-order valence-corrected chi connectivity index (χ1v) is 8.54. The molecule has 2 aromatic rings. The maximum atomic E-state index is 13.0. The lowest BCUT2D eigenvalue weighted by atomic mass is 10.0. The zero-order chi connectivity index (χ0) is 17.1. The summed E-state index contributed by atoms with van der Waals surface area (Å²) in [5.74, 6) is 0.883. The van der Waals surface area contributed by atoms with E-state index in [9.17, 15) is 4.79 Å². The third-order valence-electron chi connectivity index (χ3n) is 4.06. The number of fused-ring (bicyclic) bond motifs is 1. The van der Waals surface area contributed by atoms with E-state index in [0.717, 1.165) is 29.0 Å². The fourth-order valence-electron chi connectivity index (χ4n) is 3.08. The van der Waals surface area contributed by atoms with Crippen molar-refractivity contribution in [3.63, 3.8) is 0 Å². The molecule has 0 saturated heterocycles. The lowest BCUT2D eigenvalue weighted by molar-refractivity contribution is 0.0680. The molecule has 1 aliphatic heterocycles. The third-order valence-corrected chi connectivity index (χ3v) is 4.06. The number of carbonyl (C=O) groups is 1. The van der Waals surface area contributed by atoms with Crippen LogP contribution in [-0.2, 0) is 0 Å². The van der Waals surface area contributed by atoms with E-state index < -0.39 is 0 Å². The van der Waals surface area contributed by atoms with Gasteiger partial charge in [0.15, 0.2) is 0 Å². The first kappa shape index (κ1) is 16.4. The lowest BCUT2D eigenvalue weighted by Gasteiger charge is -2.38. The molecule has 0 aliphatic carbocycles. The maximum absolute atomic E-state index is 13.0. The van der Waals surface area contributed by atoms with E-state index in [4.69, 9.17) is 4.74 Å². The van der Waals surface area contributed by atoms with Crippen LogP contribution in [0.25, 0.3) is 0 Å². The Morgan fingerprint density at radius 3 is 2.58 bits per heavy atom. The molecule has 24 heavy (non-hydrogen) atoms. The standard InChI is InChI=1S/C20H24N2O2/c1-4-13-22-19(16-10-6-8-12-18(16)24-14(2)3)21-17-11-7-5-9-15(17)20(22)23/h5-12,14,19,21H,4,13H2,1-3H3. The van der Waals surface area contributed by atoms with Gasteiger partial charge in [0.1, 0.15) is 11.9 Å². The zero-order valence-electron chi connectivity index (χ0n) is 14.5. The van der Waals surface area contributed by atoms with E-state index in [-0.39, 0.29) is 18.2 Å². The van der Waals surface area contributed by atoms with Crippen LogP contribution in [-0.4, -0.2) is 23.5 Å². The van der Waals surface area contributed by atoms with Crippen LogP contribution < -0.4 is 10.1 Å². The average Bonchev–Trinajstić information content (AvgIpc) is 2.57. The molecule has 4 nitrogen and oxygen atoms in total. The Bertz CT molecular complexity index is 727. The van der Waals surface area contributed by atoms with Gasteiger partial charge in [-0.25, -0.2) is 0 Å². The molecule has 0 aromatic heterocycles. The van der Waals surface area contributed by atoms with Gasteiger partial charge in [0.25, 0.3) is 5.91 Å². The van der Waals surface area contributed by atoms with Crippen LogP contribution in [0.2, 0.25) is 0 Å². The van der Waals surface area contributed by atoms with E-state index >= 15 is 0 Å². The summed E-state index contributed by atoms with van der Waals surface area (Å²) < 4.78 is 5.97. The van der Waals surface area contributed by atoms with Crippen LogP contribution in [0.4, 0.5) is 5.69 Å². The number of ether oxygens (including phenoxy) is 1. The fourth-order valence-corrected chi connectivity index (χ4v) is 3.08. The van der Waals surface area contributed by atoms with Crippen molar-refractivity contribution in [2.24, 2.45) is 0 Å². The van der Waals surface area contributed by atoms with Gasteiger partial charge in [-0.1, -0.05) is 37.3 Å².